The molecule has 0 rings (SSSR count). The molecule has 0 aromatic carbocycles. The lowest BCUT2D eigenvalue weighted by atomic mass is 10.1. The molecule has 0 aliphatic heterocycles. The van der Waals surface area contributed by atoms with Gasteiger partial charge in [0, 0.05) is 25.8 Å². The van der Waals surface area contributed by atoms with E-state index in [1.165, 1.54) is 31.8 Å². The number of nitrogens with two attached hydrogens (primary N) is 1. The quantitative estimate of drug-likeness (QED) is 0.162. The summed E-state index contributed by atoms with van der Waals surface area (Å²) in [6.07, 6.45) is 8.13. The van der Waals surface area contributed by atoms with Crippen molar-refractivity contribution in [3.63, 3.8) is 0 Å². The lowest BCUT2D eigenvalue weighted by molar-refractivity contribution is -0.137. The monoisotopic (exact) mass is 377 g/mol. The third kappa shape index (κ3) is 19.4. The maximum atomic E-state index is 10.6. The van der Waals surface area contributed by atoms with E-state index in [9.17, 15) is 4.79 Å². The van der Waals surface area contributed by atoms with Crippen molar-refractivity contribution < 1.29 is 22.8 Å². The first-order valence-corrected chi connectivity index (χ1v) is 11.6. The molecule has 0 saturated carbocycles. The number of hydrogen-bond donors (Lipinski definition) is 1. The third-order valence-electron chi connectivity index (χ3n) is 3.12. The largest absolute Gasteiger partial charge is 0.498 e. The minimum absolute atomic E-state index is 0.312. The lowest BCUT2D eigenvalue weighted by Crippen LogP contribution is -2.47. The van der Waals surface area contributed by atoms with Gasteiger partial charge in [-0.15, -0.1) is 0 Å². The van der Waals surface area contributed by atoms with Crippen LogP contribution >= 0.6 is 0 Å². The summed E-state index contributed by atoms with van der Waals surface area (Å²) in [5, 5.41) is 0. The van der Waals surface area contributed by atoms with Gasteiger partial charge in [0.25, 0.3) is 0 Å². The average molecular weight is 378 g/mol. The maximum Gasteiger partial charge on any atom is 0.498 e. The van der Waals surface area contributed by atoms with E-state index in [4.69, 9.17) is 23.7 Å². The van der Waals surface area contributed by atoms with E-state index in [1.807, 2.05) is 20.4 Å². The number of esters is 1. The van der Waals surface area contributed by atoms with E-state index in [1.54, 1.807) is 6.92 Å². The van der Waals surface area contributed by atoms with Gasteiger partial charge in [-0.25, -0.2) is 4.79 Å². The van der Waals surface area contributed by atoms with Crippen LogP contribution in [0.15, 0.2) is 12.7 Å². The second-order valence-electron chi connectivity index (χ2n) is 5.69. The van der Waals surface area contributed by atoms with Crippen LogP contribution in [0.5, 0.6) is 0 Å². The lowest BCUT2D eigenvalue weighted by Gasteiger charge is -2.26. The molecule has 0 radical (unpaired) electrons. The van der Waals surface area contributed by atoms with Gasteiger partial charge in [0.2, 0.25) is 0 Å². The summed E-state index contributed by atoms with van der Waals surface area (Å²) in [5.74, 6) is -0.312. The minimum atomic E-state index is -2.44. The summed E-state index contributed by atoms with van der Waals surface area (Å²) < 4.78 is 21.0. The molecule has 1 unspecified atom stereocenters. The zero-order chi connectivity index (χ0) is 19.6. The normalized spacial score (nSPS) is 12.1. The second-order valence-corrected chi connectivity index (χ2v) is 8.23. The van der Waals surface area contributed by atoms with Gasteiger partial charge in [0.15, 0.2) is 0 Å². The Balaban J connectivity index is 0. The number of unbranched alkanes of at least 4 members (excludes halogenated alkanes) is 5. The minimum Gasteiger partial charge on any atom is -0.463 e. The van der Waals surface area contributed by atoms with Crippen LogP contribution in [0, 0.1) is 0 Å². The zero-order valence-electron chi connectivity index (χ0n) is 16.8. The molecule has 0 saturated heterocycles. The molecule has 0 aliphatic rings. The van der Waals surface area contributed by atoms with E-state index < -0.39 is 8.80 Å². The number of carbonyl (C=O) groups is 1. The van der Waals surface area contributed by atoms with E-state index in [-0.39, 0.29) is 12.2 Å². The first-order chi connectivity index (χ1) is 11.8. The molecule has 0 heterocycles. The molecule has 150 valence electrons. The standard InChI is InChI=1S/C11H20O2.C7H19NO3Si/c1-3-5-6-7-8-9-10-13-11(12)4-2;1-5-9-12(4,10-6-2)11-7(3)8/h4H,2-3,5-10H2,1H3;7H,5-6,8H2,1-4H3. The number of rotatable bonds is 14. The molecule has 0 amide bonds. The smallest absolute Gasteiger partial charge is 0.463 e. The molecule has 1 atom stereocenters. The topological polar surface area (TPSA) is 80.0 Å². The van der Waals surface area contributed by atoms with Gasteiger partial charge in [-0.3, -0.25) is 0 Å². The van der Waals surface area contributed by atoms with E-state index in [2.05, 4.69) is 13.5 Å². The Labute approximate surface area is 155 Å². The highest BCUT2D eigenvalue weighted by Crippen LogP contribution is 2.10. The Morgan fingerprint density at radius 1 is 1.08 bits per heavy atom. The van der Waals surface area contributed by atoms with E-state index in [0.29, 0.717) is 19.8 Å². The number of carbonyl (C=O) groups excluding carboxylic acids is 1. The summed E-state index contributed by atoms with van der Waals surface area (Å²) in [6.45, 7) is 14.7. The van der Waals surface area contributed by atoms with Crippen LogP contribution in [0.1, 0.15) is 66.2 Å². The Hall–Kier alpha value is -0.733. The van der Waals surface area contributed by atoms with Crippen molar-refractivity contribution in [2.75, 3.05) is 19.8 Å². The van der Waals surface area contributed by atoms with Gasteiger partial charge in [0.1, 0.15) is 0 Å². The van der Waals surface area contributed by atoms with Crippen molar-refractivity contribution in [2.24, 2.45) is 5.73 Å². The molecular weight excluding hydrogens is 338 g/mol. The van der Waals surface area contributed by atoms with Gasteiger partial charge in [-0.2, -0.15) is 0 Å². The van der Waals surface area contributed by atoms with Crippen molar-refractivity contribution in [2.45, 2.75) is 79.0 Å². The molecule has 0 aromatic heterocycles. The zero-order valence-corrected chi connectivity index (χ0v) is 17.8. The maximum absolute atomic E-state index is 10.6. The summed E-state index contributed by atoms with van der Waals surface area (Å²) >= 11 is 0. The Morgan fingerprint density at radius 3 is 2.04 bits per heavy atom. The summed E-state index contributed by atoms with van der Waals surface area (Å²) in [5.41, 5.74) is 5.49. The van der Waals surface area contributed by atoms with Crippen LogP contribution in [0.2, 0.25) is 6.55 Å². The fourth-order valence-electron chi connectivity index (χ4n) is 2.09. The third-order valence-corrected chi connectivity index (χ3v) is 5.55. The van der Waals surface area contributed by atoms with Crippen molar-refractivity contribution in [1.82, 2.24) is 0 Å². The average Bonchev–Trinajstić information content (AvgIpc) is 2.53. The Morgan fingerprint density at radius 2 is 1.60 bits per heavy atom. The Kier molecular flexibility index (Phi) is 19.2. The summed E-state index contributed by atoms with van der Waals surface area (Å²) in [7, 11) is -2.44. The molecule has 2 N–H and O–H groups in total. The SMILES string of the molecule is C=CC(=O)OCCCCCCCC.CCO[Si](C)(OCC)OC(C)N. The van der Waals surface area contributed by atoms with Crippen LogP contribution in [-0.2, 0) is 22.8 Å². The van der Waals surface area contributed by atoms with Crippen LogP contribution < -0.4 is 5.73 Å². The van der Waals surface area contributed by atoms with Crippen molar-refractivity contribution in [1.29, 1.82) is 0 Å². The molecule has 7 heteroatoms. The summed E-state index contributed by atoms with van der Waals surface area (Å²) in [4.78, 5) is 10.6. The molecular formula is C18H39NO5Si. The van der Waals surface area contributed by atoms with Gasteiger partial charge < -0.3 is 23.7 Å². The number of hydrogen-bond acceptors (Lipinski definition) is 6. The van der Waals surface area contributed by atoms with Gasteiger partial charge in [0.05, 0.1) is 12.8 Å². The molecule has 6 nitrogen and oxygen atoms in total. The highest BCUT2D eigenvalue weighted by molar-refractivity contribution is 6.59. The van der Waals surface area contributed by atoms with E-state index in [0.717, 1.165) is 12.8 Å². The highest BCUT2D eigenvalue weighted by Gasteiger charge is 2.35. The van der Waals surface area contributed by atoms with Gasteiger partial charge in [-0.05, 0) is 27.2 Å². The molecule has 0 fully saturated rings. The molecule has 0 aromatic rings. The van der Waals surface area contributed by atoms with Crippen LogP contribution in [0.25, 0.3) is 0 Å². The fourth-order valence-corrected chi connectivity index (χ4v) is 4.03. The van der Waals surface area contributed by atoms with E-state index >= 15 is 0 Å². The van der Waals surface area contributed by atoms with Crippen molar-refractivity contribution in [3.8, 4) is 0 Å². The van der Waals surface area contributed by atoms with Gasteiger partial charge in [-0.1, -0.05) is 45.6 Å². The second kappa shape index (κ2) is 18.1. The van der Waals surface area contributed by atoms with Crippen LogP contribution in [0.3, 0.4) is 0 Å². The molecule has 0 spiro atoms. The molecule has 0 bridgehead atoms. The van der Waals surface area contributed by atoms with Crippen LogP contribution in [-0.4, -0.2) is 40.8 Å². The first kappa shape index (κ1) is 26.5. The van der Waals surface area contributed by atoms with Crippen molar-refractivity contribution >= 4 is 14.8 Å². The van der Waals surface area contributed by atoms with Crippen molar-refractivity contribution in [3.05, 3.63) is 12.7 Å². The highest BCUT2D eigenvalue weighted by atomic mass is 28.4. The fraction of sp³-hybridized carbons (Fsp3) is 0.833. The number of ether oxygens (including phenoxy) is 1. The molecule has 0 aliphatic carbocycles. The predicted molar refractivity (Wildman–Crippen MR) is 104 cm³/mol. The predicted octanol–water partition coefficient (Wildman–Crippen LogP) is 4.03. The Bertz CT molecular complexity index is 321. The molecule has 25 heavy (non-hydrogen) atoms. The van der Waals surface area contributed by atoms with Crippen LogP contribution in [0.4, 0.5) is 0 Å². The van der Waals surface area contributed by atoms with Gasteiger partial charge >= 0.3 is 14.8 Å². The summed E-state index contributed by atoms with van der Waals surface area (Å²) in [6, 6.07) is 0. The first-order valence-electron chi connectivity index (χ1n) is 9.35.